The maximum atomic E-state index is 12.6. The van der Waals surface area contributed by atoms with Crippen LogP contribution in [-0.2, 0) is 32.7 Å². The summed E-state index contributed by atoms with van der Waals surface area (Å²) in [6.45, 7) is 4.10. The van der Waals surface area contributed by atoms with Crippen molar-refractivity contribution in [2.75, 3.05) is 40.5 Å². The van der Waals surface area contributed by atoms with Crippen LogP contribution in [0.5, 0.6) is 0 Å². The van der Waals surface area contributed by atoms with Crippen LogP contribution < -0.4 is 0 Å². The molecule has 310 valence electrons. The molecule has 54 heavy (non-hydrogen) atoms. The van der Waals surface area contributed by atoms with Crippen molar-refractivity contribution in [3.63, 3.8) is 0 Å². The maximum Gasteiger partial charge on any atom is 0.472 e. The van der Waals surface area contributed by atoms with Crippen LogP contribution in [0.4, 0.5) is 0 Å². The van der Waals surface area contributed by atoms with Gasteiger partial charge in [-0.15, -0.1) is 0 Å². The number of rotatable bonds is 37. The van der Waals surface area contributed by atoms with Gasteiger partial charge in [-0.1, -0.05) is 157 Å². The second-order valence-electron chi connectivity index (χ2n) is 13.8. The number of allylic oxidation sites excluding steroid dienone is 12. The summed E-state index contributed by atoms with van der Waals surface area (Å²) in [7, 11) is -0.754. The summed E-state index contributed by atoms with van der Waals surface area (Å²) in [5.74, 6) is -0.906. The van der Waals surface area contributed by atoms with E-state index in [0.717, 1.165) is 57.8 Å². The fourth-order valence-corrected chi connectivity index (χ4v) is 5.87. The Morgan fingerprint density at radius 3 is 1.54 bits per heavy atom. The minimum Gasteiger partial charge on any atom is -0.462 e. The van der Waals surface area contributed by atoms with Crippen molar-refractivity contribution in [2.24, 2.45) is 0 Å². The fourth-order valence-electron chi connectivity index (χ4n) is 5.12. The zero-order chi connectivity index (χ0) is 39.8. The van der Waals surface area contributed by atoms with Gasteiger partial charge in [0.1, 0.15) is 6.61 Å². The molecular formula is C44H76NO8P. The molecule has 0 fully saturated rings. The average molecular weight is 778 g/mol. The summed E-state index contributed by atoms with van der Waals surface area (Å²) in [6, 6.07) is 0. The molecule has 0 saturated carbocycles. The second-order valence-corrected chi connectivity index (χ2v) is 15.2. The van der Waals surface area contributed by atoms with Gasteiger partial charge < -0.3 is 19.3 Å². The van der Waals surface area contributed by atoms with E-state index in [1.54, 1.807) is 4.90 Å². The lowest BCUT2D eigenvalue weighted by Gasteiger charge is -2.20. The number of hydrogen-bond acceptors (Lipinski definition) is 8. The number of nitrogens with zero attached hydrogens (tertiary/aromatic N) is 1. The number of ether oxygens (including phenoxy) is 2. The molecule has 0 aliphatic rings. The van der Waals surface area contributed by atoms with Crippen molar-refractivity contribution in [3.8, 4) is 0 Å². The highest BCUT2D eigenvalue weighted by atomic mass is 31.2. The van der Waals surface area contributed by atoms with E-state index in [0.29, 0.717) is 13.0 Å². The third-order valence-corrected chi connectivity index (χ3v) is 9.28. The van der Waals surface area contributed by atoms with Crippen LogP contribution in [0.1, 0.15) is 149 Å². The molecule has 1 N–H and O–H groups in total. The first-order valence-corrected chi connectivity index (χ1v) is 22.2. The third-order valence-electron chi connectivity index (χ3n) is 8.29. The number of phosphoric ester groups is 1. The number of carbonyl (C=O) groups is 2. The monoisotopic (exact) mass is 778 g/mol. The van der Waals surface area contributed by atoms with Crippen LogP contribution in [0, 0.1) is 0 Å². The van der Waals surface area contributed by atoms with Gasteiger partial charge in [-0.3, -0.25) is 18.6 Å². The van der Waals surface area contributed by atoms with E-state index in [2.05, 4.69) is 74.6 Å². The molecule has 0 radical (unpaired) electrons. The molecule has 0 aromatic carbocycles. The van der Waals surface area contributed by atoms with Gasteiger partial charge in [0.25, 0.3) is 0 Å². The van der Waals surface area contributed by atoms with Crippen LogP contribution >= 0.6 is 7.82 Å². The van der Waals surface area contributed by atoms with E-state index in [9.17, 15) is 19.0 Å². The van der Waals surface area contributed by atoms with E-state index in [4.69, 9.17) is 18.5 Å². The molecule has 0 heterocycles. The Morgan fingerprint density at radius 1 is 0.593 bits per heavy atom. The zero-order valence-corrected chi connectivity index (χ0v) is 35.3. The van der Waals surface area contributed by atoms with Crippen molar-refractivity contribution in [3.05, 3.63) is 72.9 Å². The highest BCUT2D eigenvalue weighted by Gasteiger charge is 2.26. The third kappa shape index (κ3) is 39.2. The highest BCUT2D eigenvalue weighted by molar-refractivity contribution is 7.47. The van der Waals surface area contributed by atoms with E-state index in [1.807, 2.05) is 26.2 Å². The van der Waals surface area contributed by atoms with E-state index in [-0.39, 0.29) is 26.1 Å². The second kappa shape index (κ2) is 38.7. The largest absolute Gasteiger partial charge is 0.472 e. The topological polar surface area (TPSA) is 112 Å². The van der Waals surface area contributed by atoms with Crippen molar-refractivity contribution < 1.29 is 37.6 Å². The molecule has 0 aromatic rings. The Balaban J connectivity index is 4.46. The molecule has 2 unspecified atom stereocenters. The molecule has 0 spiro atoms. The number of hydrogen-bond donors (Lipinski definition) is 1. The lowest BCUT2D eigenvalue weighted by molar-refractivity contribution is -0.161. The molecule has 9 nitrogen and oxygen atoms in total. The minimum atomic E-state index is -4.38. The van der Waals surface area contributed by atoms with Crippen LogP contribution in [0.2, 0.25) is 0 Å². The van der Waals surface area contributed by atoms with Gasteiger partial charge >= 0.3 is 19.8 Å². The molecular weight excluding hydrogens is 701 g/mol. The summed E-state index contributed by atoms with van der Waals surface area (Å²) in [6.07, 6.45) is 45.3. The normalized spacial score (nSPS) is 14.2. The van der Waals surface area contributed by atoms with Gasteiger partial charge in [0.05, 0.1) is 13.2 Å². The van der Waals surface area contributed by atoms with Crippen LogP contribution in [0.25, 0.3) is 0 Å². The van der Waals surface area contributed by atoms with Gasteiger partial charge in [-0.2, -0.15) is 0 Å². The first-order valence-electron chi connectivity index (χ1n) is 20.7. The van der Waals surface area contributed by atoms with Gasteiger partial charge in [-0.25, -0.2) is 4.57 Å². The Labute approximate surface area is 329 Å². The molecule has 0 aromatic heterocycles. The van der Waals surface area contributed by atoms with Gasteiger partial charge in [0.2, 0.25) is 0 Å². The molecule has 10 heteroatoms. The molecule has 2 atom stereocenters. The van der Waals surface area contributed by atoms with Crippen molar-refractivity contribution in [1.29, 1.82) is 0 Å². The average Bonchev–Trinajstić information content (AvgIpc) is 3.13. The fraction of sp³-hybridized carbons (Fsp3) is 0.682. The predicted octanol–water partition coefficient (Wildman–Crippen LogP) is 11.7. The Kier molecular flexibility index (Phi) is 36.9. The van der Waals surface area contributed by atoms with Gasteiger partial charge in [-0.05, 0) is 65.5 Å². The van der Waals surface area contributed by atoms with Crippen molar-refractivity contribution in [1.82, 2.24) is 4.90 Å². The standard InChI is InChI=1S/C44H76NO8P/c1-5-7-9-11-13-15-17-19-20-21-22-23-24-25-27-29-31-33-35-37-44(47)53-42(41-52-54(48,49)51-39-38-45(3)4)40-50-43(46)36-34-32-30-28-26-18-16-14-12-10-8-6-2/h7,9,13,15,19-20,22-23,25,27,31,33,42H,5-6,8,10-12,14,16-18,21,24,26,28-30,32,34-41H2,1-4H3,(H,48,49)/b9-7-,15-13-,20-19-,23-22-,27-25-,33-31-. The lowest BCUT2D eigenvalue weighted by Crippen LogP contribution is -2.29. The Morgan fingerprint density at radius 2 is 1.06 bits per heavy atom. The van der Waals surface area contributed by atoms with Crippen molar-refractivity contribution in [2.45, 2.75) is 155 Å². The quantitative estimate of drug-likeness (QED) is 0.0285. The van der Waals surface area contributed by atoms with E-state index in [1.165, 1.54) is 57.8 Å². The first-order chi connectivity index (χ1) is 26.2. The molecule has 0 saturated heterocycles. The van der Waals surface area contributed by atoms with Crippen LogP contribution in [0.15, 0.2) is 72.9 Å². The Bertz CT molecular complexity index is 1130. The predicted molar refractivity (Wildman–Crippen MR) is 224 cm³/mol. The highest BCUT2D eigenvalue weighted by Crippen LogP contribution is 2.43. The number of esters is 2. The molecule has 0 amide bonds. The summed E-state index contributed by atoms with van der Waals surface area (Å²) in [5.41, 5.74) is 0. The van der Waals surface area contributed by atoms with Crippen LogP contribution in [-0.4, -0.2) is 68.3 Å². The first kappa shape index (κ1) is 51.5. The smallest absolute Gasteiger partial charge is 0.462 e. The van der Waals surface area contributed by atoms with E-state index < -0.39 is 32.5 Å². The lowest BCUT2D eigenvalue weighted by atomic mass is 10.0. The summed E-state index contributed by atoms with van der Waals surface area (Å²) >= 11 is 0. The molecule has 0 bridgehead atoms. The van der Waals surface area contributed by atoms with Crippen LogP contribution in [0.3, 0.4) is 0 Å². The minimum absolute atomic E-state index is 0.00871. The SMILES string of the molecule is CC/C=C\C/C=C\C/C=C\C/C=C\C/C=C\C/C=C\CCC(=O)OC(COC(=O)CCCCCCCCCCCCCC)COP(=O)(O)OCCN(C)C. The molecule has 0 rings (SSSR count). The molecule has 0 aliphatic heterocycles. The number of unbranched alkanes of at least 4 members (excludes halogenated alkanes) is 11. The van der Waals surface area contributed by atoms with Gasteiger partial charge in [0, 0.05) is 19.4 Å². The van der Waals surface area contributed by atoms with E-state index >= 15 is 0 Å². The Hall–Kier alpha value is -2.55. The number of carbonyl (C=O) groups excluding carboxylic acids is 2. The summed E-state index contributed by atoms with van der Waals surface area (Å²) in [5, 5.41) is 0. The summed E-state index contributed by atoms with van der Waals surface area (Å²) in [4.78, 5) is 36.9. The number of likely N-dealkylation sites (N-methyl/N-ethyl adjacent to an activating group) is 1. The summed E-state index contributed by atoms with van der Waals surface area (Å²) < 4.78 is 33.3. The number of phosphoric acid groups is 1. The van der Waals surface area contributed by atoms with Gasteiger partial charge in [0.15, 0.2) is 6.10 Å². The van der Waals surface area contributed by atoms with Crippen molar-refractivity contribution >= 4 is 19.8 Å². The maximum absolute atomic E-state index is 12.6. The zero-order valence-electron chi connectivity index (χ0n) is 34.4. The molecule has 0 aliphatic carbocycles.